The Morgan fingerprint density at radius 2 is 2.00 bits per heavy atom. The van der Waals surface area contributed by atoms with E-state index < -0.39 is 10.9 Å². The lowest BCUT2D eigenvalue weighted by Crippen LogP contribution is -2.11. The minimum Gasteiger partial charge on any atom is -0.422 e. The minimum absolute atomic E-state index is 0.0877. The van der Waals surface area contributed by atoms with Gasteiger partial charge in [-0.05, 0) is 45.4 Å². The predicted molar refractivity (Wildman–Crippen MR) is 95.4 cm³/mol. The van der Waals surface area contributed by atoms with Crippen LogP contribution in [-0.4, -0.2) is 25.7 Å². The molecule has 8 heteroatoms. The van der Waals surface area contributed by atoms with E-state index in [0.29, 0.717) is 27.9 Å². The molecule has 26 heavy (non-hydrogen) atoms. The second-order valence-electron chi connectivity index (χ2n) is 6.33. The number of nitrogens with zero attached hydrogens (tertiary/aromatic N) is 4. The lowest BCUT2D eigenvalue weighted by molar-refractivity contribution is -0.384. The number of hydrogen-bond donors (Lipinski definition) is 0. The molecule has 0 aliphatic heterocycles. The third-order valence-electron chi connectivity index (χ3n) is 3.99. The maximum atomic E-state index is 12.7. The van der Waals surface area contributed by atoms with Gasteiger partial charge in [0.05, 0.1) is 28.1 Å². The number of nitro benzene ring substituents is 1. The summed E-state index contributed by atoms with van der Waals surface area (Å²) in [5.41, 5.74) is 2.07. The molecule has 2 heterocycles. The summed E-state index contributed by atoms with van der Waals surface area (Å²) in [6, 6.07) is 5.88. The van der Waals surface area contributed by atoms with E-state index in [1.54, 1.807) is 36.9 Å². The first-order chi connectivity index (χ1) is 12.3. The van der Waals surface area contributed by atoms with Crippen LogP contribution in [0, 0.1) is 24.0 Å². The Hall–Kier alpha value is -3.29. The fraction of sp³-hybridized carbons (Fsp3) is 0.278. The number of rotatable bonds is 4. The van der Waals surface area contributed by atoms with Crippen molar-refractivity contribution in [1.29, 1.82) is 0 Å². The number of hydrogen-bond acceptors (Lipinski definition) is 6. The number of carbonyl (C=O) groups excluding carboxylic acids is 1. The van der Waals surface area contributed by atoms with Crippen molar-refractivity contribution in [3.05, 3.63) is 57.4 Å². The SMILES string of the molecule is Cc1cc(C(=O)Oc2cc([N+](=O)[O-])ccc2C)c2cnn(C(C)C)c2n1. The van der Waals surface area contributed by atoms with Gasteiger partial charge in [0, 0.05) is 17.8 Å². The Labute approximate surface area is 149 Å². The molecule has 0 N–H and O–H groups in total. The number of fused-ring (bicyclic) bond motifs is 1. The van der Waals surface area contributed by atoms with Gasteiger partial charge in [-0.15, -0.1) is 0 Å². The van der Waals surface area contributed by atoms with Gasteiger partial charge in [0.15, 0.2) is 5.65 Å². The van der Waals surface area contributed by atoms with Crippen LogP contribution in [0.25, 0.3) is 11.0 Å². The first-order valence-electron chi connectivity index (χ1n) is 8.10. The summed E-state index contributed by atoms with van der Waals surface area (Å²) in [4.78, 5) is 27.6. The van der Waals surface area contributed by atoms with Crippen LogP contribution in [0.5, 0.6) is 5.75 Å². The molecule has 0 atom stereocenters. The fourth-order valence-electron chi connectivity index (χ4n) is 2.66. The smallest absolute Gasteiger partial charge is 0.344 e. The van der Waals surface area contributed by atoms with Crippen LogP contribution in [0.1, 0.15) is 41.5 Å². The van der Waals surface area contributed by atoms with Gasteiger partial charge in [-0.25, -0.2) is 14.5 Å². The van der Waals surface area contributed by atoms with E-state index in [-0.39, 0.29) is 17.5 Å². The van der Waals surface area contributed by atoms with E-state index in [1.165, 1.54) is 12.1 Å². The Bertz CT molecular complexity index is 1020. The zero-order valence-corrected chi connectivity index (χ0v) is 14.9. The summed E-state index contributed by atoms with van der Waals surface area (Å²) >= 11 is 0. The van der Waals surface area contributed by atoms with Crippen molar-refractivity contribution in [3.8, 4) is 5.75 Å². The Kier molecular flexibility index (Phi) is 4.41. The van der Waals surface area contributed by atoms with Gasteiger partial charge < -0.3 is 4.74 Å². The highest BCUT2D eigenvalue weighted by Crippen LogP contribution is 2.27. The van der Waals surface area contributed by atoms with E-state index in [2.05, 4.69) is 10.1 Å². The van der Waals surface area contributed by atoms with Crippen LogP contribution in [0.4, 0.5) is 5.69 Å². The lowest BCUT2D eigenvalue weighted by atomic mass is 10.1. The Balaban J connectivity index is 2.04. The topological polar surface area (TPSA) is 100 Å². The van der Waals surface area contributed by atoms with Crippen LogP contribution >= 0.6 is 0 Å². The summed E-state index contributed by atoms with van der Waals surface area (Å²) in [5.74, 6) is -0.449. The molecule has 0 bridgehead atoms. The van der Waals surface area contributed by atoms with Crippen molar-refractivity contribution in [2.75, 3.05) is 0 Å². The van der Waals surface area contributed by atoms with E-state index in [0.717, 1.165) is 0 Å². The van der Waals surface area contributed by atoms with E-state index in [9.17, 15) is 14.9 Å². The monoisotopic (exact) mass is 354 g/mol. The molecular formula is C18H18N4O4. The summed E-state index contributed by atoms with van der Waals surface area (Å²) in [5, 5.41) is 15.8. The van der Waals surface area contributed by atoms with Crippen LogP contribution in [0.2, 0.25) is 0 Å². The lowest BCUT2D eigenvalue weighted by Gasteiger charge is -2.10. The second-order valence-corrected chi connectivity index (χ2v) is 6.33. The Morgan fingerprint density at radius 3 is 2.65 bits per heavy atom. The highest BCUT2D eigenvalue weighted by molar-refractivity contribution is 6.03. The van der Waals surface area contributed by atoms with Crippen LogP contribution in [-0.2, 0) is 0 Å². The average Bonchev–Trinajstić information content (AvgIpc) is 2.99. The minimum atomic E-state index is -0.604. The van der Waals surface area contributed by atoms with Crippen LogP contribution in [0.15, 0.2) is 30.5 Å². The summed E-state index contributed by atoms with van der Waals surface area (Å²) < 4.78 is 7.18. The maximum absolute atomic E-state index is 12.7. The number of non-ortho nitro benzene ring substituents is 1. The standard InChI is InChI=1S/C18H18N4O4/c1-10(2)21-17-15(9-19-21)14(7-12(4)20-17)18(23)26-16-8-13(22(24)25)6-5-11(16)3/h5-10H,1-4H3. The van der Waals surface area contributed by atoms with Crippen molar-refractivity contribution in [2.24, 2.45) is 0 Å². The first kappa shape index (κ1) is 17.5. The number of aryl methyl sites for hydroxylation is 2. The molecule has 3 rings (SSSR count). The van der Waals surface area contributed by atoms with E-state index >= 15 is 0 Å². The van der Waals surface area contributed by atoms with E-state index in [4.69, 9.17) is 4.74 Å². The number of carbonyl (C=O) groups is 1. The number of benzene rings is 1. The number of nitro groups is 1. The molecule has 0 saturated heterocycles. The van der Waals surface area contributed by atoms with Crippen molar-refractivity contribution in [1.82, 2.24) is 14.8 Å². The molecule has 1 aromatic carbocycles. The molecule has 0 unspecified atom stereocenters. The van der Waals surface area contributed by atoms with Gasteiger partial charge in [0.1, 0.15) is 5.75 Å². The molecule has 0 spiro atoms. The molecule has 0 fully saturated rings. The van der Waals surface area contributed by atoms with Gasteiger partial charge in [-0.2, -0.15) is 5.10 Å². The largest absolute Gasteiger partial charge is 0.422 e. The highest BCUT2D eigenvalue weighted by atomic mass is 16.6. The molecule has 3 aromatic rings. The molecule has 0 aliphatic carbocycles. The summed E-state index contributed by atoms with van der Waals surface area (Å²) in [6.45, 7) is 7.45. The normalized spacial score (nSPS) is 11.1. The maximum Gasteiger partial charge on any atom is 0.344 e. The summed E-state index contributed by atoms with van der Waals surface area (Å²) in [7, 11) is 0. The average molecular weight is 354 g/mol. The molecule has 0 aliphatic rings. The zero-order chi connectivity index (χ0) is 19.0. The fourth-order valence-corrected chi connectivity index (χ4v) is 2.66. The van der Waals surface area contributed by atoms with Crippen molar-refractivity contribution < 1.29 is 14.5 Å². The van der Waals surface area contributed by atoms with Gasteiger partial charge in [-0.1, -0.05) is 0 Å². The zero-order valence-electron chi connectivity index (χ0n) is 14.9. The van der Waals surface area contributed by atoms with Crippen molar-refractivity contribution >= 4 is 22.7 Å². The van der Waals surface area contributed by atoms with Crippen LogP contribution in [0.3, 0.4) is 0 Å². The number of ether oxygens (including phenoxy) is 1. The number of aromatic nitrogens is 3. The van der Waals surface area contributed by atoms with Gasteiger partial charge in [-0.3, -0.25) is 10.1 Å². The van der Waals surface area contributed by atoms with Crippen molar-refractivity contribution in [2.45, 2.75) is 33.7 Å². The first-order valence-corrected chi connectivity index (χ1v) is 8.10. The number of pyridine rings is 1. The van der Waals surface area contributed by atoms with Gasteiger partial charge >= 0.3 is 5.97 Å². The molecule has 134 valence electrons. The predicted octanol–water partition coefficient (Wildman–Crippen LogP) is 3.76. The van der Waals surface area contributed by atoms with Crippen LogP contribution < -0.4 is 4.74 Å². The van der Waals surface area contributed by atoms with Crippen molar-refractivity contribution in [3.63, 3.8) is 0 Å². The Morgan fingerprint density at radius 1 is 1.27 bits per heavy atom. The number of esters is 1. The summed E-state index contributed by atoms with van der Waals surface area (Å²) in [6.07, 6.45) is 1.58. The van der Waals surface area contributed by atoms with Gasteiger partial charge in [0.2, 0.25) is 0 Å². The molecule has 0 radical (unpaired) electrons. The molecule has 0 amide bonds. The molecule has 2 aromatic heterocycles. The second kappa shape index (κ2) is 6.55. The third-order valence-corrected chi connectivity index (χ3v) is 3.99. The molecule has 8 nitrogen and oxygen atoms in total. The quantitative estimate of drug-likeness (QED) is 0.306. The third kappa shape index (κ3) is 3.13. The molecule has 0 saturated carbocycles. The molecular weight excluding hydrogens is 336 g/mol. The van der Waals surface area contributed by atoms with E-state index in [1.807, 2.05) is 13.8 Å². The van der Waals surface area contributed by atoms with Gasteiger partial charge in [0.25, 0.3) is 5.69 Å². The highest BCUT2D eigenvalue weighted by Gasteiger charge is 2.20.